The number of terminal acetylenes is 1. The molecular formula is C12H21N. The van der Waals surface area contributed by atoms with Gasteiger partial charge in [-0.15, -0.1) is 6.42 Å². The average Bonchev–Trinajstić information content (AvgIpc) is 2.51. The fraction of sp³-hybridized carbons (Fsp3) is 0.833. The molecule has 1 rings (SSSR count). The van der Waals surface area contributed by atoms with Crippen molar-refractivity contribution in [3.8, 4) is 12.3 Å². The molecule has 0 aromatic heterocycles. The maximum Gasteiger partial charge on any atom is 0.0719 e. The zero-order valence-electron chi connectivity index (χ0n) is 8.84. The summed E-state index contributed by atoms with van der Waals surface area (Å²) in [6, 6.07) is -0.0302. The van der Waals surface area contributed by atoms with Gasteiger partial charge in [0.2, 0.25) is 0 Å². The van der Waals surface area contributed by atoms with Crippen molar-refractivity contribution in [2.24, 2.45) is 17.1 Å². The molecule has 74 valence electrons. The van der Waals surface area contributed by atoms with Gasteiger partial charge in [0.1, 0.15) is 0 Å². The number of hydrogen-bond acceptors (Lipinski definition) is 1. The van der Waals surface area contributed by atoms with Crippen LogP contribution in [0.3, 0.4) is 0 Å². The van der Waals surface area contributed by atoms with Crippen LogP contribution >= 0.6 is 0 Å². The first-order valence-electron chi connectivity index (χ1n) is 5.32. The summed E-state index contributed by atoms with van der Waals surface area (Å²) >= 11 is 0. The smallest absolute Gasteiger partial charge is 0.0719 e. The Labute approximate surface area is 82.1 Å². The van der Waals surface area contributed by atoms with Crippen molar-refractivity contribution in [3.05, 3.63) is 0 Å². The predicted molar refractivity (Wildman–Crippen MR) is 57.2 cm³/mol. The lowest BCUT2D eigenvalue weighted by molar-refractivity contribution is 0.213. The van der Waals surface area contributed by atoms with Crippen LogP contribution in [0.5, 0.6) is 0 Å². The predicted octanol–water partition coefficient (Wildman–Crippen LogP) is 2.55. The molecule has 1 saturated carbocycles. The summed E-state index contributed by atoms with van der Waals surface area (Å²) in [6.45, 7) is 4.51. The quantitative estimate of drug-likeness (QED) is 0.662. The summed E-state index contributed by atoms with van der Waals surface area (Å²) in [4.78, 5) is 0. The van der Waals surface area contributed by atoms with E-state index in [-0.39, 0.29) is 11.5 Å². The van der Waals surface area contributed by atoms with Crippen LogP contribution in [-0.2, 0) is 0 Å². The van der Waals surface area contributed by atoms with Crippen LogP contribution in [0.25, 0.3) is 0 Å². The van der Waals surface area contributed by atoms with E-state index in [4.69, 9.17) is 12.2 Å². The van der Waals surface area contributed by atoms with E-state index in [0.29, 0.717) is 5.92 Å². The van der Waals surface area contributed by atoms with E-state index >= 15 is 0 Å². The fourth-order valence-electron chi connectivity index (χ4n) is 2.71. The van der Waals surface area contributed by atoms with Gasteiger partial charge in [0.05, 0.1) is 6.04 Å². The Hall–Kier alpha value is -0.480. The third-order valence-corrected chi connectivity index (χ3v) is 3.25. The van der Waals surface area contributed by atoms with E-state index < -0.39 is 0 Å². The van der Waals surface area contributed by atoms with E-state index in [1.165, 1.54) is 32.1 Å². The molecule has 1 atom stereocenters. The van der Waals surface area contributed by atoms with Crippen LogP contribution in [0.4, 0.5) is 0 Å². The Bertz CT molecular complexity index is 194. The van der Waals surface area contributed by atoms with Gasteiger partial charge in [0.25, 0.3) is 0 Å². The molecule has 0 heterocycles. The third-order valence-electron chi connectivity index (χ3n) is 3.25. The molecular weight excluding hydrogens is 158 g/mol. The van der Waals surface area contributed by atoms with Gasteiger partial charge in [0, 0.05) is 0 Å². The standard InChI is InChI=1S/C12H21N/c1-4-11(13)12(9-10(2)3)7-5-6-8-12/h1,10-11H,5-9,13H2,2-3H3. The largest absolute Gasteiger partial charge is 0.317 e. The summed E-state index contributed by atoms with van der Waals surface area (Å²) < 4.78 is 0. The van der Waals surface area contributed by atoms with Gasteiger partial charge in [-0.2, -0.15) is 0 Å². The molecule has 0 aliphatic heterocycles. The molecule has 1 heteroatoms. The van der Waals surface area contributed by atoms with Crippen LogP contribution < -0.4 is 5.73 Å². The van der Waals surface area contributed by atoms with Crippen LogP contribution in [0.1, 0.15) is 46.0 Å². The molecule has 0 aromatic carbocycles. The summed E-state index contributed by atoms with van der Waals surface area (Å²) in [6.07, 6.45) is 11.7. The SMILES string of the molecule is C#CC(N)C1(CC(C)C)CCCC1. The number of nitrogens with two attached hydrogens (primary N) is 1. The second kappa shape index (κ2) is 4.15. The fourth-order valence-corrected chi connectivity index (χ4v) is 2.71. The van der Waals surface area contributed by atoms with Gasteiger partial charge in [-0.1, -0.05) is 32.6 Å². The molecule has 0 aromatic rings. The van der Waals surface area contributed by atoms with Gasteiger partial charge < -0.3 is 5.73 Å². The third kappa shape index (κ3) is 2.25. The van der Waals surface area contributed by atoms with Crippen molar-refractivity contribution in [3.63, 3.8) is 0 Å². The van der Waals surface area contributed by atoms with Crippen molar-refractivity contribution in [1.29, 1.82) is 0 Å². The van der Waals surface area contributed by atoms with E-state index in [0.717, 1.165) is 0 Å². The van der Waals surface area contributed by atoms with Crippen molar-refractivity contribution in [2.75, 3.05) is 0 Å². The van der Waals surface area contributed by atoms with Gasteiger partial charge in [0.15, 0.2) is 0 Å². The topological polar surface area (TPSA) is 26.0 Å². The van der Waals surface area contributed by atoms with E-state index in [1.807, 2.05) is 0 Å². The molecule has 1 aliphatic carbocycles. The molecule has 1 fully saturated rings. The Kier molecular flexibility index (Phi) is 3.39. The highest BCUT2D eigenvalue weighted by Crippen LogP contribution is 2.44. The van der Waals surface area contributed by atoms with Crippen molar-refractivity contribution < 1.29 is 0 Å². The van der Waals surface area contributed by atoms with E-state index in [2.05, 4.69) is 19.8 Å². The summed E-state index contributed by atoms with van der Waals surface area (Å²) in [7, 11) is 0. The number of rotatable bonds is 3. The zero-order chi connectivity index (χ0) is 9.90. The normalized spacial score (nSPS) is 23.0. The average molecular weight is 179 g/mol. The lowest BCUT2D eigenvalue weighted by atomic mass is 9.73. The highest BCUT2D eigenvalue weighted by Gasteiger charge is 2.38. The van der Waals surface area contributed by atoms with E-state index in [1.54, 1.807) is 0 Å². The Morgan fingerprint density at radius 3 is 2.31 bits per heavy atom. The Balaban J connectivity index is 2.70. The Morgan fingerprint density at radius 1 is 1.38 bits per heavy atom. The maximum absolute atomic E-state index is 6.03. The molecule has 0 radical (unpaired) electrons. The van der Waals surface area contributed by atoms with Gasteiger partial charge in [-0.05, 0) is 30.6 Å². The first kappa shape index (κ1) is 10.6. The molecule has 2 N–H and O–H groups in total. The lowest BCUT2D eigenvalue weighted by Gasteiger charge is -2.34. The summed E-state index contributed by atoms with van der Waals surface area (Å²) in [5, 5.41) is 0. The zero-order valence-corrected chi connectivity index (χ0v) is 8.84. The van der Waals surface area contributed by atoms with Crippen LogP contribution in [-0.4, -0.2) is 6.04 Å². The second-order valence-corrected chi connectivity index (χ2v) is 4.81. The van der Waals surface area contributed by atoms with Gasteiger partial charge in [-0.25, -0.2) is 0 Å². The van der Waals surface area contributed by atoms with Crippen molar-refractivity contribution >= 4 is 0 Å². The maximum atomic E-state index is 6.03. The molecule has 0 amide bonds. The molecule has 1 nitrogen and oxygen atoms in total. The second-order valence-electron chi connectivity index (χ2n) is 4.81. The van der Waals surface area contributed by atoms with Crippen LogP contribution in [0.2, 0.25) is 0 Å². The lowest BCUT2D eigenvalue weighted by Crippen LogP contribution is -2.39. The first-order valence-corrected chi connectivity index (χ1v) is 5.32. The number of hydrogen-bond donors (Lipinski definition) is 1. The molecule has 0 bridgehead atoms. The summed E-state index contributed by atoms with van der Waals surface area (Å²) in [5.41, 5.74) is 6.29. The highest BCUT2D eigenvalue weighted by atomic mass is 14.7. The van der Waals surface area contributed by atoms with E-state index in [9.17, 15) is 0 Å². The van der Waals surface area contributed by atoms with Gasteiger partial charge in [-0.3, -0.25) is 0 Å². The first-order chi connectivity index (χ1) is 6.10. The van der Waals surface area contributed by atoms with Crippen molar-refractivity contribution in [2.45, 2.75) is 52.0 Å². The molecule has 1 aliphatic rings. The minimum absolute atomic E-state index is 0.0302. The minimum Gasteiger partial charge on any atom is -0.317 e. The highest BCUT2D eigenvalue weighted by molar-refractivity contribution is 5.08. The van der Waals surface area contributed by atoms with Gasteiger partial charge >= 0.3 is 0 Å². The summed E-state index contributed by atoms with van der Waals surface area (Å²) in [5.74, 6) is 3.44. The minimum atomic E-state index is -0.0302. The van der Waals surface area contributed by atoms with Crippen LogP contribution in [0.15, 0.2) is 0 Å². The molecule has 1 unspecified atom stereocenters. The van der Waals surface area contributed by atoms with Crippen LogP contribution in [0, 0.1) is 23.7 Å². The molecule has 0 spiro atoms. The Morgan fingerprint density at radius 2 is 1.92 bits per heavy atom. The molecule has 0 saturated heterocycles. The molecule has 13 heavy (non-hydrogen) atoms. The van der Waals surface area contributed by atoms with Crippen molar-refractivity contribution in [1.82, 2.24) is 0 Å². The monoisotopic (exact) mass is 179 g/mol.